The highest BCUT2D eigenvalue weighted by Crippen LogP contribution is 2.25. The smallest absolute Gasteiger partial charge is 0.255 e. The number of amides is 1. The molecular weight excluding hydrogens is 324 g/mol. The van der Waals surface area contributed by atoms with Crippen molar-refractivity contribution in [1.29, 1.82) is 0 Å². The van der Waals surface area contributed by atoms with Crippen LogP contribution in [0.2, 0.25) is 0 Å². The number of sulfonamides is 1. The lowest BCUT2D eigenvalue weighted by molar-refractivity contribution is 0.102. The molecule has 0 bridgehead atoms. The third-order valence-electron chi connectivity index (χ3n) is 4.14. The molecule has 2 aromatic rings. The van der Waals surface area contributed by atoms with Crippen molar-refractivity contribution < 1.29 is 13.2 Å². The summed E-state index contributed by atoms with van der Waals surface area (Å²) in [4.78, 5) is 12.4. The summed E-state index contributed by atoms with van der Waals surface area (Å²) in [5.74, 6) is 0.0205. The fourth-order valence-corrected chi connectivity index (χ4v) is 4.47. The van der Waals surface area contributed by atoms with E-state index in [1.165, 1.54) is 4.31 Å². The second-order valence-electron chi connectivity index (χ2n) is 6.06. The van der Waals surface area contributed by atoms with E-state index in [1.54, 1.807) is 24.3 Å². The molecule has 0 saturated carbocycles. The molecular formula is C18H20N2O3S. The largest absolute Gasteiger partial charge is 0.322 e. The molecule has 0 aromatic heterocycles. The van der Waals surface area contributed by atoms with Crippen molar-refractivity contribution in [2.45, 2.75) is 20.3 Å². The molecule has 126 valence electrons. The van der Waals surface area contributed by atoms with Crippen LogP contribution in [0, 0.1) is 13.8 Å². The quantitative estimate of drug-likeness (QED) is 0.930. The predicted molar refractivity (Wildman–Crippen MR) is 96.1 cm³/mol. The van der Waals surface area contributed by atoms with E-state index in [1.807, 2.05) is 32.0 Å². The van der Waals surface area contributed by atoms with Gasteiger partial charge in [0, 0.05) is 17.8 Å². The van der Waals surface area contributed by atoms with Crippen molar-refractivity contribution in [3.8, 4) is 0 Å². The molecule has 2 aromatic carbocycles. The molecule has 0 spiro atoms. The summed E-state index contributed by atoms with van der Waals surface area (Å²) in [6, 6.07) is 12.6. The van der Waals surface area contributed by atoms with Crippen LogP contribution in [0.5, 0.6) is 0 Å². The second kappa shape index (κ2) is 6.28. The molecule has 0 unspecified atom stereocenters. The van der Waals surface area contributed by atoms with Crippen LogP contribution in [0.1, 0.15) is 27.9 Å². The van der Waals surface area contributed by atoms with E-state index in [4.69, 9.17) is 0 Å². The topological polar surface area (TPSA) is 66.5 Å². The molecule has 6 heteroatoms. The van der Waals surface area contributed by atoms with Gasteiger partial charge < -0.3 is 5.32 Å². The number of carbonyl (C=O) groups excluding carboxylic acids is 1. The molecule has 5 nitrogen and oxygen atoms in total. The Labute approximate surface area is 142 Å². The molecule has 1 fully saturated rings. The summed E-state index contributed by atoms with van der Waals surface area (Å²) >= 11 is 0. The van der Waals surface area contributed by atoms with Crippen LogP contribution in [0.15, 0.2) is 42.5 Å². The van der Waals surface area contributed by atoms with Crippen LogP contribution in [0.3, 0.4) is 0 Å². The first-order chi connectivity index (χ1) is 11.4. The highest BCUT2D eigenvalue weighted by molar-refractivity contribution is 7.93. The minimum atomic E-state index is -3.18. The third kappa shape index (κ3) is 3.28. The van der Waals surface area contributed by atoms with E-state index in [0.29, 0.717) is 29.9 Å². The molecule has 0 atom stereocenters. The van der Waals surface area contributed by atoms with Crippen LogP contribution >= 0.6 is 0 Å². The number of benzene rings is 2. The maximum absolute atomic E-state index is 12.4. The van der Waals surface area contributed by atoms with Gasteiger partial charge in [0.2, 0.25) is 10.0 Å². The zero-order chi connectivity index (χ0) is 17.3. The number of aryl methyl sites for hydroxylation is 2. The summed E-state index contributed by atoms with van der Waals surface area (Å²) in [5.41, 5.74) is 3.94. The van der Waals surface area contributed by atoms with Crippen molar-refractivity contribution in [3.05, 3.63) is 59.2 Å². The van der Waals surface area contributed by atoms with Gasteiger partial charge in [-0.1, -0.05) is 17.7 Å². The van der Waals surface area contributed by atoms with Crippen molar-refractivity contribution in [2.24, 2.45) is 0 Å². The van der Waals surface area contributed by atoms with Gasteiger partial charge in [0.1, 0.15) is 0 Å². The lowest BCUT2D eigenvalue weighted by Gasteiger charge is -2.17. The van der Waals surface area contributed by atoms with Crippen LogP contribution in [0.4, 0.5) is 11.4 Å². The van der Waals surface area contributed by atoms with E-state index >= 15 is 0 Å². The van der Waals surface area contributed by atoms with E-state index < -0.39 is 10.0 Å². The fraction of sp³-hybridized carbons (Fsp3) is 0.278. The molecule has 1 aliphatic heterocycles. The van der Waals surface area contributed by atoms with Gasteiger partial charge in [0.15, 0.2) is 0 Å². The molecule has 1 aliphatic rings. The number of hydrogen-bond acceptors (Lipinski definition) is 3. The zero-order valence-corrected chi connectivity index (χ0v) is 14.6. The molecule has 0 radical (unpaired) electrons. The first-order valence-electron chi connectivity index (χ1n) is 7.86. The predicted octanol–water partition coefficient (Wildman–Crippen LogP) is 3.10. The van der Waals surface area contributed by atoms with E-state index in [-0.39, 0.29) is 11.7 Å². The number of anilines is 2. The summed E-state index contributed by atoms with van der Waals surface area (Å²) in [7, 11) is -3.18. The van der Waals surface area contributed by atoms with Gasteiger partial charge in [-0.15, -0.1) is 0 Å². The van der Waals surface area contributed by atoms with Crippen molar-refractivity contribution >= 4 is 27.3 Å². The van der Waals surface area contributed by atoms with Gasteiger partial charge in [-0.25, -0.2) is 8.42 Å². The van der Waals surface area contributed by atoms with E-state index in [0.717, 1.165) is 11.1 Å². The second-order valence-corrected chi connectivity index (χ2v) is 8.07. The monoisotopic (exact) mass is 344 g/mol. The normalized spacial score (nSPS) is 16.2. The van der Waals surface area contributed by atoms with Crippen LogP contribution in [-0.2, 0) is 10.0 Å². The Bertz CT molecular complexity index is 874. The van der Waals surface area contributed by atoms with Gasteiger partial charge in [0.25, 0.3) is 5.91 Å². The number of nitrogens with zero attached hydrogens (tertiary/aromatic N) is 1. The molecule has 1 amide bonds. The number of rotatable bonds is 3. The van der Waals surface area contributed by atoms with Gasteiger partial charge in [-0.2, -0.15) is 0 Å². The Morgan fingerprint density at radius 3 is 2.38 bits per heavy atom. The average molecular weight is 344 g/mol. The van der Waals surface area contributed by atoms with Crippen LogP contribution < -0.4 is 9.62 Å². The molecule has 24 heavy (non-hydrogen) atoms. The lowest BCUT2D eigenvalue weighted by atomic mass is 10.1. The molecule has 1 saturated heterocycles. The Hall–Kier alpha value is -2.34. The summed E-state index contributed by atoms with van der Waals surface area (Å²) in [6.07, 6.45) is 0.646. The number of hydrogen-bond donors (Lipinski definition) is 1. The standard InChI is InChI=1S/C18H20N2O3S/c1-13-4-9-17(14(2)12-13)18(21)19-15-5-7-16(8-6-15)20-10-3-11-24(20,22)23/h4-9,12H,3,10-11H2,1-2H3,(H,19,21). The van der Waals surface area contributed by atoms with Gasteiger partial charge >= 0.3 is 0 Å². The zero-order valence-electron chi connectivity index (χ0n) is 13.7. The fourth-order valence-electron chi connectivity index (χ4n) is 2.91. The van der Waals surface area contributed by atoms with Gasteiger partial charge in [-0.3, -0.25) is 9.10 Å². The lowest BCUT2D eigenvalue weighted by Crippen LogP contribution is -2.25. The van der Waals surface area contributed by atoms with Gasteiger partial charge in [-0.05, 0) is 56.2 Å². The number of nitrogens with one attached hydrogen (secondary N) is 1. The maximum Gasteiger partial charge on any atom is 0.255 e. The summed E-state index contributed by atoms with van der Waals surface area (Å²) in [5, 5.41) is 2.85. The molecule has 1 N–H and O–H groups in total. The Morgan fingerprint density at radius 1 is 1.08 bits per heavy atom. The Kier molecular flexibility index (Phi) is 4.32. The highest BCUT2D eigenvalue weighted by atomic mass is 32.2. The summed E-state index contributed by atoms with van der Waals surface area (Å²) < 4.78 is 25.3. The minimum absolute atomic E-state index is 0.172. The minimum Gasteiger partial charge on any atom is -0.322 e. The Balaban J connectivity index is 1.76. The molecule has 3 rings (SSSR count). The highest BCUT2D eigenvalue weighted by Gasteiger charge is 2.28. The van der Waals surface area contributed by atoms with E-state index in [2.05, 4.69) is 5.32 Å². The van der Waals surface area contributed by atoms with Crippen LogP contribution in [-0.4, -0.2) is 26.6 Å². The number of carbonyl (C=O) groups is 1. The van der Waals surface area contributed by atoms with Crippen molar-refractivity contribution in [2.75, 3.05) is 21.9 Å². The molecule has 0 aliphatic carbocycles. The average Bonchev–Trinajstić information content (AvgIpc) is 2.87. The molecule has 1 heterocycles. The van der Waals surface area contributed by atoms with Crippen LogP contribution in [0.25, 0.3) is 0 Å². The maximum atomic E-state index is 12.4. The van der Waals surface area contributed by atoms with Crippen molar-refractivity contribution in [1.82, 2.24) is 0 Å². The first-order valence-corrected chi connectivity index (χ1v) is 9.47. The Morgan fingerprint density at radius 2 is 1.79 bits per heavy atom. The summed E-state index contributed by atoms with van der Waals surface area (Å²) in [6.45, 7) is 4.40. The van der Waals surface area contributed by atoms with Crippen molar-refractivity contribution in [3.63, 3.8) is 0 Å². The third-order valence-corrected chi connectivity index (χ3v) is 6.01. The van der Waals surface area contributed by atoms with E-state index in [9.17, 15) is 13.2 Å². The van der Waals surface area contributed by atoms with Gasteiger partial charge in [0.05, 0.1) is 11.4 Å². The first kappa shape index (κ1) is 16.5. The SMILES string of the molecule is Cc1ccc(C(=O)Nc2ccc(N3CCCS3(=O)=O)cc2)c(C)c1.